The molecule has 2 aromatic heterocycles. The van der Waals surface area contributed by atoms with E-state index in [0.29, 0.717) is 0 Å². The van der Waals surface area contributed by atoms with E-state index in [4.69, 9.17) is 0 Å². The van der Waals surface area contributed by atoms with Gasteiger partial charge in [-0.25, -0.2) is 15.0 Å². The van der Waals surface area contributed by atoms with Crippen LogP contribution in [0, 0.1) is 11.8 Å². The Morgan fingerprint density at radius 2 is 1.91 bits per heavy atom. The number of aromatic nitrogens is 4. The second-order valence-corrected chi connectivity index (χ2v) is 7.06. The van der Waals surface area contributed by atoms with Crippen LogP contribution < -0.4 is 4.90 Å². The van der Waals surface area contributed by atoms with Crippen LogP contribution in [0.1, 0.15) is 25.7 Å². The van der Waals surface area contributed by atoms with Crippen molar-refractivity contribution in [1.82, 2.24) is 24.8 Å². The van der Waals surface area contributed by atoms with Gasteiger partial charge in [-0.2, -0.15) is 0 Å². The average Bonchev–Trinajstić information content (AvgIpc) is 3.30. The van der Waals surface area contributed by atoms with Crippen molar-refractivity contribution in [2.24, 2.45) is 11.8 Å². The lowest BCUT2D eigenvalue weighted by Crippen LogP contribution is -2.52. The van der Waals surface area contributed by atoms with Gasteiger partial charge in [0.2, 0.25) is 0 Å². The molecule has 2 bridgehead atoms. The van der Waals surface area contributed by atoms with Crippen molar-refractivity contribution >= 4 is 17.0 Å². The third kappa shape index (κ3) is 1.93. The van der Waals surface area contributed by atoms with E-state index >= 15 is 0 Å². The van der Waals surface area contributed by atoms with Crippen LogP contribution in [0.15, 0.2) is 12.7 Å². The van der Waals surface area contributed by atoms with E-state index in [1.165, 1.54) is 25.7 Å². The fraction of sp³-hybridized carbons (Fsp3) is 0.688. The highest BCUT2D eigenvalue weighted by Gasteiger charge is 2.42. The summed E-state index contributed by atoms with van der Waals surface area (Å²) in [5.41, 5.74) is 1.73. The Morgan fingerprint density at radius 1 is 1.00 bits per heavy atom. The van der Waals surface area contributed by atoms with Gasteiger partial charge in [-0.15, -0.1) is 0 Å². The summed E-state index contributed by atoms with van der Waals surface area (Å²) in [4.78, 5) is 21.2. The van der Waals surface area contributed by atoms with E-state index in [-0.39, 0.29) is 0 Å². The first-order valence-corrected chi connectivity index (χ1v) is 8.51. The summed E-state index contributed by atoms with van der Waals surface area (Å²) in [7, 11) is 0. The molecule has 0 aromatic carbocycles. The monoisotopic (exact) mass is 298 g/mol. The summed E-state index contributed by atoms with van der Waals surface area (Å²) in [5, 5.41) is 0. The number of piperazine rings is 1. The fourth-order valence-corrected chi connectivity index (χ4v) is 4.92. The normalized spacial score (nSPS) is 32.2. The predicted molar refractivity (Wildman–Crippen MR) is 84.7 cm³/mol. The number of H-pyrrole nitrogens is 1. The highest BCUT2D eigenvalue weighted by Crippen LogP contribution is 2.46. The molecule has 1 N–H and O–H groups in total. The number of hydrogen-bond acceptors (Lipinski definition) is 5. The van der Waals surface area contributed by atoms with Gasteiger partial charge in [-0.3, -0.25) is 4.90 Å². The minimum absolute atomic E-state index is 0.764. The largest absolute Gasteiger partial charge is 0.352 e. The molecule has 3 fully saturated rings. The number of rotatable bonds is 2. The van der Waals surface area contributed by atoms with E-state index in [1.807, 2.05) is 0 Å². The summed E-state index contributed by atoms with van der Waals surface area (Å²) in [5.74, 6) is 3.02. The Labute approximate surface area is 129 Å². The van der Waals surface area contributed by atoms with E-state index in [9.17, 15) is 0 Å². The summed E-state index contributed by atoms with van der Waals surface area (Å²) < 4.78 is 0. The average molecular weight is 298 g/mol. The van der Waals surface area contributed by atoms with Gasteiger partial charge in [0, 0.05) is 32.2 Å². The van der Waals surface area contributed by atoms with Crippen LogP contribution in [0.3, 0.4) is 0 Å². The second kappa shape index (κ2) is 4.91. The van der Waals surface area contributed by atoms with Gasteiger partial charge >= 0.3 is 0 Å². The molecule has 0 radical (unpaired) electrons. The third-order valence-electron chi connectivity index (χ3n) is 5.99. The summed E-state index contributed by atoms with van der Waals surface area (Å²) >= 11 is 0. The molecule has 3 atom stereocenters. The van der Waals surface area contributed by atoms with Gasteiger partial charge < -0.3 is 9.88 Å². The lowest BCUT2D eigenvalue weighted by Gasteiger charge is -2.41. The third-order valence-corrected chi connectivity index (χ3v) is 5.99. The predicted octanol–water partition coefficient (Wildman–Crippen LogP) is 1.66. The summed E-state index contributed by atoms with van der Waals surface area (Å²) in [6.45, 7) is 4.43. The SMILES string of the molecule is c1nc(N2CCN([C@@H]3C[C@H]4CC[C@H]3C4)CC2)c2[nH]cnc2n1. The Morgan fingerprint density at radius 3 is 2.68 bits per heavy atom. The van der Waals surface area contributed by atoms with Crippen LogP contribution in [-0.2, 0) is 0 Å². The number of hydrogen-bond donors (Lipinski definition) is 1. The van der Waals surface area contributed by atoms with Crippen LogP contribution in [0.2, 0.25) is 0 Å². The number of fused-ring (bicyclic) bond motifs is 3. The Balaban J connectivity index is 1.31. The maximum Gasteiger partial charge on any atom is 0.182 e. The molecule has 1 saturated heterocycles. The smallest absolute Gasteiger partial charge is 0.182 e. The highest BCUT2D eigenvalue weighted by atomic mass is 15.3. The standard InChI is InChI=1S/C16H22N6/c1-2-12-7-11(1)8-13(12)21-3-5-22(6-4-21)16-14-15(18-9-17-14)19-10-20-16/h9-13H,1-8H2,(H,17,18,19,20)/t11-,12-,13+/m0/s1. The van der Waals surface area contributed by atoms with Crippen LogP contribution in [0.5, 0.6) is 0 Å². The molecule has 22 heavy (non-hydrogen) atoms. The molecule has 2 saturated carbocycles. The minimum atomic E-state index is 0.764. The first kappa shape index (κ1) is 12.8. The van der Waals surface area contributed by atoms with Crippen LogP contribution in [-0.4, -0.2) is 57.1 Å². The topological polar surface area (TPSA) is 60.9 Å². The van der Waals surface area contributed by atoms with Crippen molar-refractivity contribution in [3.05, 3.63) is 12.7 Å². The van der Waals surface area contributed by atoms with E-state index in [2.05, 4.69) is 29.7 Å². The number of nitrogens with one attached hydrogen (secondary N) is 1. The maximum absolute atomic E-state index is 4.49. The Hall–Kier alpha value is -1.69. The molecule has 1 aliphatic heterocycles. The van der Waals surface area contributed by atoms with Crippen LogP contribution >= 0.6 is 0 Å². The van der Waals surface area contributed by atoms with E-state index < -0.39 is 0 Å². The molecule has 0 unspecified atom stereocenters. The van der Waals surface area contributed by atoms with Gasteiger partial charge in [-0.1, -0.05) is 6.42 Å². The zero-order chi connectivity index (χ0) is 14.5. The minimum Gasteiger partial charge on any atom is -0.352 e. The van der Waals surface area contributed by atoms with Crippen LogP contribution in [0.25, 0.3) is 11.2 Å². The zero-order valence-corrected chi connectivity index (χ0v) is 12.8. The maximum atomic E-state index is 4.49. The molecule has 0 spiro atoms. The first-order chi connectivity index (χ1) is 10.9. The van der Waals surface area contributed by atoms with E-state index in [0.717, 1.165) is 61.0 Å². The second-order valence-electron chi connectivity index (χ2n) is 7.06. The zero-order valence-electron chi connectivity index (χ0n) is 12.8. The van der Waals surface area contributed by atoms with Gasteiger partial charge in [-0.05, 0) is 31.1 Å². The van der Waals surface area contributed by atoms with Crippen molar-refractivity contribution in [2.75, 3.05) is 31.1 Å². The number of imidazole rings is 1. The molecule has 5 rings (SSSR count). The molecule has 2 aliphatic carbocycles. The molecule has 6 nitrogen and oxygen atoms in total. The van der Waals surface area contributed by atoms with Crippen molar-refractivity contribution in [3.63, 3.8) is 0 Å². The molecule has 116 valence electrons. The molecule has 0 amide bonds. The number of anilines is 1. The molecular formula is C16H22N6. The lowest BCUT2D eigenvalue weighted by molar-refractivity contribution is 0.135. The van der Waals surface area contributed by atoms with Crippen molar-refractivity contribution < 1.29 is 0 Å². The first-order valence-electron chi connectivity index (χ1n) is 8.51. The Kier molecular flexibility index (Phi) is 2.86. The molecule has 2 aromatic rings. The van der Waals surface area contributed by atoms with Crippen LogP contribution in [0.4, 0.5) is 5.82 Å². The fourth-order valence-electron chi connectivity index (χ4n) is 4.92. The molecule has 3 heterocycles. The molecule has 3 aliphatic rings. The Bertz CT molecular complexity index is 674. The van der Waals surface area contributed by atoms with Gasteiger partial charge in [0.1, 0.15) is 11.8 Å². The molecular weight excluding hydrogens is 276 g/mol. The number of nitrogens with zero attached hydrogens (tertiary/aromatic N) is 5. The summed E-state index contributed by atoms with van der Waals surface area (Å²) in [6, 6.07) is 0.860. The van der Waals surface area contributed by atoms with Crippen molar-refractivity contribution in [3.8, 4) is 0 Å². The quantitative estimate of drug-likeness (QED) is 0.914. The van der Waals surface area contributed by atoms with Gasteiger partial charge in [0.05, 0.1) is 6.33 Å². The van der Waals surface area contributed by atoms with Gasteiger partial charge in [0.25, 0.3) is 0 Å². The van der Waals surface area contributed by atoms with E-state index in [1.54, 1.807) is 12.7 Å². The lowest BCUT2D eigenvalue weighted by atomic mass is 9.93. The van der Waals surface area contributed by atoms with Crippen molar-refractivity contribution in [2.45, 2.75) is 31.7 Å². The number of aromatic amines is 1. The van der Waals surface area contributed by atoms with Gasteiger partial charge in [0.15, 0.2) is 11.5 Å². The highest BCUT2D eigenvalue weighted by molar-refractivity contribution is 5.82. The summed E-state index contributed by atoms with van der Waals surface area (Å²) in [6.07, 6.45) is 9.22. The van der Waals surface area contributed by atoms with Crippen molar-refractivity contribution in [1.29, 1.82) is 0 Å². The molecule has 6 heteroatoms.